The van der Waals surface area contributed by atoms with Crippen LogP contribution in [0.4, 0.5) is 0 Å². The van der Waals surface area contributed by atoms with Crippen molar-refractivity contribution < 1.29 is 42.7 Å². The molecule has 0 rings (SSSR count). The minimum atomic E-state index is -4.41. The summed E-state index contributed by atoms with van der Waals surface area (Å²) in [4.78, 5) is 34.7. The van der Waals surface area contributed by atoms with Crippen molar-refractivity contribution in [1.82, 2.24) is 0 Å². The first-order chi connectivity index (χ1) is 26.2. The van der Waals surface area contributed by atoms with E-state index in [-0.39, 0.29) is 32.6 Å². The number of rotatable bonds is 36. The first kappa shape index (κ1) is 51.1. The molecule has 0 spiro atoms. The third kappa shape index (κ3) is 37.5. The summed E-state index contributed by atoms with van der Waals surface area (Å²) in [5.41, 5.74) is 5.33. The molecule has 0 saturated heterocycles. The molecule has 0 amide bonds. The van der Waals surface area contributed by atoms with Crippen molar-refractivity contribution in [2.75, 3.05) is 26.4 Å². The first-order valence-corrected chi connectivity index (χ1v) is 21.7. The van der Waals surface area contributed by atoms with E-state index in [1.165, 1.54) is 25.7 Å². The molecule has 0 aromatic carbocycles. The Morgan fingerprint density at radius 1 is 0.667 bits per heavy atom. The zero-order chi connectivity index (χ0) is 39.8. The number of carbonyl (C=O) groups is 2. The SMILES string of the molecule is CC/C=C\C/C=C\CC(O)/C=C/C=C\C/C=C\C/C=C\CCC(=O)OC[C@H](COP(=O)(O)OCCN)OC(=O)CCCCCCC/C=C\CCCCCC. The maximum atomic E-state index is 12.5. The smallest absolute Gasteiger partial charge is 0.462 e. The largest absolute Gasteiger partial charge is 0.472 e. The second-order valence-corrected chi connectivity index (χ2v) is 14.4. The van der Waals surface area contributed by atoms with Gasteiger partial charge in [0, 0.05) is 19.4 Å². The Kier molecular flexibility index (Phi) is 36.4. The average Bonchev–Trinajstić information content (AvgIpc) is 3.15. The first-order valence-electron chi connectivity index (χ1n) is 20.2. The van der Waals surface area contributed by atoms with Gasteiger partial charge in [0.15, 0.2) is 6.10 Å². The minimum Gasteiger partial charge on any atom is -0.462 e. The summed E-state index contributed by atoms with van der Waals surface area (Å²) >= 11 is 0. The van der Waals surface area contributed by atoms with Crippen LogP contribution in [0.2, 0.25) is 0 Å². The van der Waals surface area contributed by atoms with E-state index in [0.29, 0.717) is 19.3 Å². The number of aliphatic hydroxyl groups excluding tert-OH is 1. The van der Waals surface area contributed by atoms with Gasteiger partial charge < -0.3 is 25.2 Å². The molecule has 0 aromatic rings. The lowest BCUT2D eigenvalue weighted by atomic mass is 10.1. The van der Waals surface area contributed by atoms with Gasteiger partial charge >= 0.3 is 19.8 Å². The molecule has 2 unspecified atom stereocenters. The third-order valence-corrected chi connectivity index (χ3v) is 8.84. The predicted octanol–water partition coefficient (Wildman–Crippen LogP) is 10.2. The van der Waals surface area contributed by atoms with Crippen molar-refractivity contribution in [3.8, 4) is 0 Å². The molecule has 3 atom stereocenters. The fraction of sp³-hybridized carbons (Fsp3) is 0.628. The Morgan fingerprint density at radius 2 is 1.28 bits per heavy atom. The number of phosphoric ester groups is 1. The number of carbonyl (C=O) groups excluding carboxylic acids is 2. The van der Waals surface area contributed by atoms with E-state index in [1.807, 2.05) is 48.6 Å². The topological polar surface area (TPSA) is 155 Å². The van der Waals surface area contributed by atoms with E-state index in [0.717, 1.165) is 64.2 Å². The molecule has 0 aliphatic rings. The van der Waals surface area contributed by atoms with Gasteiger partial charge in [0.1, 0.15) is 6.61 Å². The van der Waals surface area contributed by atoms with E-state index in [2.05, 4.69) is 44.2 Å². The number of hydrogen-bond acceptors (Lipinski definition) is 9. The summed E-state index contributed by atoms with van der Waals surface area (Å²) in [6, 6.07) is 0. The lowest BCUT2D eigenvalue weighted by Crippen LogP contribution is -2.29. The molecule has 0 fully saturated rings. The number of esters is 2. The molecule has 0 aromatic heterocycles. The van der Waals surface area contributed by atoms with Gasteiger partial charge in [0.2, 0.25) is 0 Å². The Morgan fingerprint density at radius 3 is 1.98 bits per heavy atom. The normalized spacial score (nSPS) is 14.8. The van der Waals surface area contributed by atoms with Crippen molar-refractivity contribution in [3.63, 3.8) is 0 Å². The number of unbranched alkanes of at least 4 members (excludes halogenated alkanes) is 9. The summed E-state index contributed by atoms with van der Waals surface area (Å²) in [6.07, 6.45) is 43.7. The summed E-state index contributed by atoms with van der Waals surface area (Å²) in [5.74, 6) is -0.977. The van der Waals surface area contributed by atoms with Gasteiger partial charge in [-0.3, -0.25) is 18.6 Å². The lowest BCUT2D eigenvalue weighted by Gasteiger charge is -2.19. The van der Waals surface area contributed by atoms with E-state index < -0.39 is 38.6 Å². The summed E-state index contributed by atoms with van der Waals surface area (Å²) in [7, 11) is -4.41. The van der Waals surface area contributed by atoms with Gasteiger partial charge in [0.25, 0.3) is 0 Å². The second-order valence-electron chi connectivity index (χ2n) is 13.0. The van der Waals surface area contributed by atoms with E-state index in [9.17, 15) is 24.2 Å². The fourth-order valence-corrected chi connectivity index (χ4v) is 5.62. The van der Waals surface area contributed by atoms with E-state index in [4.69, 9.17) is 24.3 Å². The van der Waals surface area contributed by atoms with Crippen LogP contribution in [0.1, 0.15) is 136 Å². The van der Waals surface area contributed by atoms with Crippen LogP contribution in [0.15, 0.2) is 85.1 Å². The van der Waals surface area contributed by atoms with Crippen molar-refractivity contribution in [1.29, 1.82) is 0 Å². The number of allylic oxidation sites excluding steroid dienone is 12. The van der Waals surface area contributed by atoms with Crippen LogP contribution in [0.3, 0.4) is 0 Å². The maximum Gasteiger partial charge on any atom is 0.472 e. The van der Waals surface area contributed by atoms with Gasteiger partial charge in [-0.25, -0.2) is 4.57 Å². The van der Waals surface area contributed by atoms with Crippen LogP contribution >= 0.6 is 7.82 Å². The molecule has 10 nitrogen and oxygen atoms in total. The van der Waals surface area contributed by atoms with Gasteiger partial charge in [-0.15, -0.1) is 0 Å². The molecular weight excluding hydrogens is 705 g/mol. The Balaban J connectivity index is 4.41. The molecule has 0 heterocycles. The van der Waals surface area contributed by atoms with Crippen LogP contribution in [0, 0.1) is 0 Å². The van der Waals surface area contributed by atoms with Crippen LogP contribution in [0.5, 0.6) is 0 Å². The van der Waals surface area contributed by atoms with Crippen molar-refractivity contribution in [2.24, 2.45) is 5.73 Å². The molecule has 54 heavy (non-hydrogen) atoms. The number of phosphoric acid groups is 1. The van der Waals surface area contributed by atoms with E-state index in [1.54, 1.807) is 6.08 Å². The molecule has 4 N–H and O–H groups in total. The molecule has 0 aliphatic heterocycles. The summed E-state index contributed by atoms with van der Waals surface area (Å²) in [6.45, 7) is 3.39. The summed E-state index contributed by atoms with van der Waals surface area (Å²) < 4.78 is 32.6. The van der Waals surface area contributed by atoms with Crippen LogP contribution < -0.4 is 5.73 Å². The Bertz CT molecular complexity index is 1180. The Labute approximate surface area is 326 Å². The number of ether oxygens (including phenoxy) is 2. The highest BCUT2D eigenvalue weighted by Gasteiger charge is 2.25. The zero-order valence-electron chi connectivity index (χ0n) is 33.3. The highest BCUT2D eigenvalue weighted by molar-refractivity contribution is 7.47. The fourth-order valence-electron chi connectivity index (χ4n) is 4.85. The van der Waals surface area contributed by atoms with E-state index >= 15 is 0 Å². The molecule has 0 saturated carbocycles. The van der Waals surface area contributed by atoms with Crippen LogP contribution in [0.25, 0.3) is 0 Å². The Hall–Kier alpha value is -2.85. The van der Waals surface area contributed by atoms with Crippen molar-refractivity contribution in [2.45, 2.75) is 148 Å². The molecule has 0 bridgehead atoms. The van der Waals surface area contributed by atoms with Gasteiger partial charge in [0.05, 0.1) is 19.3 Å². The minimum absolute atomic E-state index is 0.0305. The second kappa shape index (κ2) is 38.4. The van der Waals surface area contributed by atoms with Crippen molar-refractivity contribution in [3.05, 3.63) is 85.1 Å². The van der Waals surface area contributed by atoms with Gasteiger partial charge in [-0.1, -0.05) is 137 Å². The number of aliphatic hydroxyl groups is 1. The molecule has 11 heteroatoms. The van der Waals surface area contributed by atoms with Crippen molar-refractivity contribution >= 4 is 19.8 Å². The quantitative estimate of drug-likeness (QED) is 0.0184. The highest BCUT2D eigenvalue weighted by atomic mass is 31.2. The highest BCUT2D eigenvalue weighted by Crippen LogP contribution is 2.43. The summed E-state index contributed by atoms with van der Waals surface area (Å²) in [5, 5.41) is 9.98. The van der Waals surface area contributed by atoms with Gasteiger partial charge in [-0.05, 0) is 70.6 Å². The molecular formula is C43H72NO9P. The molecule has 0 radical (unpaired) electrons. The van der Waals surface area contributed by atoms with Crippen LogP contribution in [-0.2, 0) is 32.7 Å². The standard InChI is InChI=1S/C43H72NO9P/c1-3-5-7-9-11-12-13-14-15-20-23-27-31-35-43(47)53-41(39-52-54(48,49)51-37-36-44)38-50-42(46)34-30-26-22-19-17-16-18-21-25-29-33-40(45)32-28-24-10-8-6-4-2/h6,8,12-13,16-17,21-22,24-26,28-29,33,40-41,45H,3-5,7,9-11,14-15,18-20,23,27,30-32,34-39,44H2,1-2H3,(H,48,49)/b8-6-,13-12-,17-16-,25-21-,26-22-,28-24-,33-29+/t40?,41-/m1/s1. The predicted molar refractivity (Wildman–Crippen MR) is 221 cm³/mol. The average molecular weight is 778 g/mol. The van der Waals surface area contributed by atoms with Gasteiger partial charge in [-0.2, -0.15) is 0 Å². The third-order valence-electron chi connectivity index (χ3n) is 7.86. The maximum absolute atomic E-state index is 12.5. The lowest BCUT2D eigenvalue weighted by molar-refractivity contribution is -0.161. The monoisotopic (exact) mass is 777 g/mol. The molecule has 0 aliphatic carbocycles. The molecule has 308 valence electrons. The van der Waals surface area contributed by atoms with Crippen LogP contribution in [-0.4, -0.2) is 60.5 Å². The number of nitrogens with two attached hydrogens (primary N) is 1. The zero-order valence-corrected chi connectivity index (χ0v) is 34.2. The number of hydrogen-bond donors (Lipinski definition) is 3.